The fourth-order valence-electron chi connectivity index (χ4n) is 1.74. The van der Waals surface area contributed by atoms with E-state index in [9.17, 15) is 4.79 Å². The number of imidazole rings is 1. The Hall–Kier alpha value is -2.40. The fourth-order valence-corrected chi connectivity index (χ4v) is 1.91. The van der Waals surface area contributed by atoms with Crippen molar-refractivity contribution >= 4 is 34.5 Å². The van der Waals surface area contributed by atoms with Crippen LogP contribution in [0.1, 0.15) is 10.4 Å². The lowest BCUT2D eigenvalue weighted by molar-refractivity contribution is 0.102. The van der Waals surface area contributed by atoms with Crippen LogP contribution >= 0.6 is 11.6 Å². The number of pyridine rings is 1. The van der Waals surface area contributed by atoms with Gasteiger partial charge in [-0.2, -0.15) is 0 Å². The number of aromatic nitrogens is 3. The summed E-state index contributed by atoms with van der Waals surface area (Å²) in [5, 5.41) is 2.96. The van der Waals surface area contributed by atoms with Crippen LogP contribution in [0.2, 0.25) is 5.15 Å². The molecule has 2 N–H and O–H groups in total. The molecule has 19 heavy (non-hydrogen) atoms. The predicted molar refractivity (Wildman–Crippen MR) is 73.3 cm³/mol. The van der Waals surface area contributed by atoms with E-state index in [1.807, 2.05) is 24.3 Å². The Bertz CT molecular complexity index is 720. The predicted octanol–water partition coefficient (Wildman–Crippen LogP) is 2.86. The molecule has 94 valence electrons. The molecule has 0 aliphatic heterocycles. The molecule has 0 aliphatic rings. The van der Waals surface area contributed by atoms with E-state index in [0.29, 0.717) is 11.5 Å². The highest BCUT2D eigenvalue weighted by atomic mass is 35.5. The van der Waals surface area contributed by atoms with Crippen molar-refractivity contribution in [1.82, 2.24) is 15.0 Å². The van der Waals surface area contributed by atoms with Gasteiger partial charge in [0.05, 0.1) is 11.0 Å². The lowest BCUT2D eigenvalue weighted by atomic mass is 10.2. The molecule has 0 spiro atoms. The Morgan fingerprint density at radius 2 is 2.11 bits per heavy atom. The molecule has 2 heterocycles. The quantitative estimate of drug-likeness (QED) is 0.705. The monoisotopic (exact) mass is 272 g/mol. The lowest BCUT2D eigenvalue weighted by Gasteiger charge is -2.01. The van der Waals surface area contributed by atoms with Gasteiger partial charge in [0.1, 0.15) is 5.15 Å². The number of anilines is 1. The molecule has 0 fully saturated rings. The Labute approximate surface area is 113 Å². The van der Waals surface area contributed by atoms with Crippen molar-refractivity contribution in [3.63, 3.8) is 0 Å². The number of hydrogen-bond acceptors (Lipinski definition) is 3. The first kappa shape index (κ1) is 11.7. The SMILES string of the molecule is O=C(Nc1nc2ccccc2[nH]1)c1ccnc(Cl)c1. The highest BCUT2D eigenvalue weighted by Crippen LogP contribution is 2.14. The number of hydrogen-bond donors (Lipinski definition) is 2. The lowest BCUT2D eigenvalue weighted by Crippen LogP contribution is -2.12. The molecule has 3 rings (SSSR count). The minimum atomic E-state index is -0.289. The summed E-state index contributed by atoms with van der Waals surface area (Å²) in [7, 11) is 0. The second kappa shape index (κ2) is 4.70. The van der Waals surface area contributed by atoms with Crippen LogP contribution in [0.4, 0.5) is 5.95 Å². The van der Waals surface area contributed by atoms with Crippen LogP contribution in [0.15, 0.2) is 42.6 Å². The van der Waals surface area contributed by atoms with Gasteiger partial charge in [-0.05, 0) is 24.3 Å². The zero-order valence-corrected chi connectivity index (χ0v) is 10.5. The third-order valence-electron chi connectivity index (χ3n) is 2.61. The molecule has 5 nitrogen and oxygen atoms in total. The Morgan fingerprint density at radius 1 is 1.26 bits per heavy atom. The summed E-state index contributed by atoms with van der Waals surface area (Å²) in [6.45, 7) is 0. The minimum absolute atomic E-state index is 0.275. The number of rotatable bonds is 2. The molecule has 6 heteroatoms. The van der Waals surface area contributed by atoms with Crippen LogP contribution < -0.4 is 5.32 Å². The highest BCUT2D eigenvalue weighted by molar-refractivity contribution is 6.29. The molecule has 0 radical (unpaired) electrons. The summed E-state index contributed by atoms with van der Waals surface area (Å²) in [4.78, 5) is 23.1. The number of para-hydroxylation sites is 2. The summed E-state index contributed by atoms with van der Waals surface area (Å²) < 4.78 is 0. The summed E-state index contributed by atoms with van der Waals surface area (Å²) >= 11 is 5.74. The van der Waals surface area contributed by atoms with Gasteiger partial charge in [0, 0.05) is 11.8 Å². The van der Waals surface area contributed by atoms with E-state index in [4.69, 9.17) is 11.6 Å². The van der Waals surface area contributed by atoms with Gasteiger partial charge in [-0.1, -0.05) is 23.7 Å². The normalized spacial score (nSPS) is 10.6. The van der Waals surface area contributed by atoms with Crippen molar-refractivity contribution in [2.75, 3.05) is 5.32 Å². The number of nitrogens with zero attached hydrogens (tertiary/aromatic N) is 2. The molecular formula is C13H9ClN4O. The van der Waals surface area contributed by atoms with E-state index in [2.05, 4.69) is 20.3 Å². The van der Waals surface area contributed by atoms with Crippen LogP contribution in [-0.2, 0) is 0 Å². The van der Waals surface area contributed by atoms with E-state index in [1.165, 1.54) is 12.3 Å². The first-order chi connectivity index (χ1) is 9.22. The van der Waals surface area contributed by atoms with Gasteiger partial charge in [0.25, 0.3) is 5.91 Å². The molecule has 0 aliphatic carbocycles. The maximum Gasteiger partial charge on any atom is 0.258 e. The molecule has 1 aromatic carbocycles. The first-order valence-electron chi connectivity index (χ1n) is 5.60. The maximum atomic E-state index is 12.0. The molecule has 0 unspecified atom stereocenters. The smallest absolute Gasteiger partial charge is 0.258 e. The van der Waals surface area contributed by atoms with Crippen molar-refractivity contribution < 1.29 is 4.79 Å². The maximum absolute atomic E-state index is 12.0. The van der Waals surface area contributed by atoms with E-state index in [0.717, 1.165) is 11.0 Å². The molecular weight excluding hydrogens is 264 g/mol. The first-order valence-corrected chi connectivity index (χ1v) is 5.98. The van der Waals surface area contributed by atoms with Crippen LogP contribution in [0.3, 0.4) is 0 Å². The van der Waals surface area contributed by atoms with E-state index in [-0.39, 0.29) is 11.1 Å². The molecule has 1 amide bonds. The number of carbonyl (C=O) groups is 1. The summed E-state index contributed by atoms with van der Waals surface area (Å²) in [6, 6.07) is 10.6. The number of carbonyl (C=O) groups excluding carboxylic acids is 1. The molecule has 0 bridgehead atoms. The standard InChI is InChI=1S/C13H9ClN4O/c14-11-7-8(5-6-15-11)12(19)18-13-16-9-3-1-2-4-10(9)17-13/h1-7H,(H2,16,17,18,19). The van der Waals surface area contributed by atoms with E-state index in [1.54, 1.807) is 6.07 Å². The molecule has 2 aromatic heterocycles. The van der Waals surface area contributed by atoms with Gasteiger partial charge in [0.2, 0.25) is 5.95 Å². The van der Waals surface area contributed by atoms with Gasteiger partial charge in [-0.15, -0.1) is 0 Å². The second-order valence-corrected chi connectivity index (χ2v) is 4.31. The van der Waals surface area contributed by atoms with Crippen molar-refractivity contribution in [2.45, 2.75) is 0 Å². The number of aromatic amines is 1. The molecule has 3 aromatic rings. The van der Waals surface area contributed by atoms with Crippen molar-refractivity contribution in [3.8, 4) is 0 Å². The van der Waals surface area contributed by atoms with Crippen molar-refractivity contribution in [1.29, 1.82) is 0 Å². The van der Waals surface area contributed by atoms with Crippen molar-refractivity contribution in [2.24, 2.45) is 0 Å². The van der Waals surface area contributed by atoms with Gasteiger partial charge in [-0.3, -0.25) is 10.1 Å². The van der Waals surface area contributed by atoms with E-state index < -0.39 is 0 Å². The third-order valence-corrected chi connectivity index (χ3v) is 2.82. The van der Waals surface area contributed by atoms with Gasteiger partial charge < -0.3 is 4.98 Å². The van der Waals surface area contributed by atoms with Crippen LogP contribution in [0.25, 0.3) is 11.0 Å². The largest absolute Gasteiger partial charge is 0.324 e. The summed E-state index contributed by atoms with van der Waals surface area (Å²) in [5.41, 5.74) is 2.09. The topological polar surface area (TPSA) is 70.7 Å². The Morgan fingerprint density at radius 3 is 2.89 bits per heavy atom. The van der Waals surface area contributed by atoms with Crippen LogP contribution in [-0.4, -0.2) is 20.9 Å². The van der Waals surface area contributed by atoms with Crippen molar-refractivity contribution in [3.05, 3.63) is 53.3 Å². The number of halogens is 1. The third kappa shape index (κ3) is 2.41. The number of benzene rings is 1. The zero-order chi connectivity index (χ0) is 13.2. The number of amides is 1. The van der Waals surface area contributed by atoms with E-state index >= 15 is 0 Å². The fraction of sp³-hybridized carbons (Fsp3) is 0. The summed E-state index contributed by atoms with van der Waals surface area (Å²) in [6.07, 6.45) is 1.48. The van der Waals surface area contributed by atoms with Crippen LogP contribution in [0.5, 0.6) is 0 Å². The Balaban J connectivity index is 1.86. The molecule has 0 atom stereocenters. The van der Waals surface area contributed by atoms with Gasteiger partial charge in [0.15, 0.2) is 0 Å². The average molecular weight is 273 g/mol. The molecule has 0 saturated heterocycles. The zero-order valence-electron chi connectivity index (χ0n) is 9.72. The van der Waals surface area contributed by atoms with Gasteiger partial charge >= 0.3 is 0 Å². The number of nitrogens with one attached hydrogen (secondary N) is 2. The highest BCUT2D eigenvalue weighted by Gasteiger charge is 2.09. The Kier molecular flexibility index (Phi) is 2.89. The summed E-state index contributed by atoms with van der Waals surface area (Å²) in [5.74, 6) is 0.113. The van der Waals surface area contributed by atoms with Gasteiger partial charge in [-0.25, -0.2) is 9.97 Å². The second-order valence-electron chi connectivity index (χ2n) is 3.92. The molecule has 0 saturated carbocycles. The van der Waals surface area contributed by atoms with Crippen LogP contribution in [0, 0.1) is 0 Å². The minimum Gasteiger partial charge on any atom is -0.324 e. The number of fused-ring (bicyclic) bond motifs is 1. The average Bonchev–Trinajstić information content (AvgIpc) is 2.80. The number of H-pyrrole nitrogens is 1.